The molecule has 2 aromatic carbocycles. The quantitative estimate of drug-likeness (QED) is 0.823. The molecule has 0 spiro atoms. The van der Waals surface area contributed by atoms with E-state index in [0.717, 1.165) is 11.1 Å². The summed E-state index contributed by atoms with van der Waals surface area (Å²) in [4.78, 5) is 13.8. The zero-order valence-corrected chi connectivity index (χ0v) is 13.9. The first kappa shape index (κ1) is 16.5. The van der Waals surface area contributed by atoms with E-state index in [1.165, 1.54) is 12.1 Å². The van der Waals surface area contributed by atoms with E-state index in [1.54, 1.807) is 23.1 Å². The normalized spacial score (nSPS) is 18.5. The van der Waals surface area contributed by atoms with Crippen LogP contribution in [-0.4, -0.2) is 33.8 Å². The molecular weight excluding hydrogens is 330 g/mol. The van der Waals surface area contributed by atoms with Gasteiger partial charge in [0.1, 0.15) is 6.10 Å². The maximum atomic E-state index is 12.2. The zero-order chi connectivity index (χ0) is 17.3. The van der Waals surface area contributed by atoms with E-state index in [-0.39, 0.29) is 29.7 Å². The van der Waals surface area contributed by atoms with Crippen LogP contribution >= 0.6 is 11.6 Å². The second-order valence-electron chi connectivity index (χ2n) is 5.96. The minimum atomic E-state index is -0.365. The van der Waals surface area contributed by atoms with Crippen molar-refractivity contribution in [2.45, 2.75) is 25.5 Å². The Morgan fingerprint density at radius 2 is 2.04 bits per heavy atom. The van der Waals surface area contributed by atoms with Crippen LogP contribution in [0.3, 0.4) is 0 Å². The molecule has 0 aliphatic carbocycles. The lowest BCUT2D eigenvalue weighted by Crippen LogP contribution is -2.35. The zero-order valence-electron chi connectivity index (χ0n) is 13.1. The number of hydrogen-bond acceptors (Lipinski definition) is 4. The number of halogens is 1. The molecule has 1 aliphatic rings. The summed E-state index contributed by atoms with van der Waals surface area (Å²) in [6.07, 6.45) is -0.159. The second kappa shape index (κ2) is 6.61. The molecule has 126 valence electrons. The highest BCUT2D eigenvalue weighted by molar-refractivity contribution is 6.30. The average molecular weight is 348 g/mol. The smallest absolute Gasteiger partial charge is 0.410 e. The molecule has 0 saturated carbocycles. The molecule has 1 heterocycles. The lowest BCUT2D eigenvalue weighted by atomic mass is 10.0. The van der Waals surface area contributed by atoms with E-state index < -0.39 is 0 Å². The first-order chi connectivity index (χ1) is 11.4. The van der Waals surface area contributed by atoms with Gasteiger partial charge in [0.25, 0.3) is 0 Å². The number of phenolic OH excluding ortho intramolecular Hbond substituents is 2. The third-order valence-electron chi connectivity index (χ3n) is 4.16. The number of carbonyl (C=O) groups is 1. The fourth-order valence-corrected chi connectivity index (χ4v) is 3.07. The SMILES string of the molecule is C[C@H](Cc1ccc(O)c(O)c1)N1C[C@@H](c2cccc(Cl)c2)OC1=O. The molecule has 0 unspecified atom stereocenters. The van der Waals surface area contributed by atoms with Gasteiger partial charge in [0.05, 0.1) is 6.54 Å². The maximum Gasteiger partial charge on any atom is 0.410 e. The largest absolute Gasteiger partial charge is 0.504 e. The number of rotatable bonds is 4. The van der Waals surface area contributed by atoms with E-state index in [1.807, 2.05) is 19.1 Å². The Balaban J connectivity index is 1.70. The number of cyclic esters (lactones) is 1. The summed E-state index contributed by atoms with van der Waals surface area (Å²) in [7, 11) is 0. The third kappa shape index (κ3) is 3.41. The van der Waals surface area contributed by atoms with Crippen molar-refractivity contribution in [1.29, 1.82) is 0 Å². The Hall–Kier alpha value is -2.40. The van der Waals surface area contributed by atoms with Crippen LogP contribution in [0, 0.1) is 0 Å². The first-order valence-electron chi connectivity index (χ1n) is 7.67. The van der Waals surface area contributed by atoms with Gasteiger partial charge in [-0.15, -0.1) is 0 Å². The molecule has 1 aliphatic heterocycles. The third-order valence-corrected chi connectivity index (χ3v) is 4.40. The van der Waals surface area contributed by atoms with Crippen LogP contribution in [0.2, 0.25) is 5.02 Å². The minimum absolute atomic E-state index is 0.106. The summed E-state index contributed by atoms with van der Waals surface area (Å²) in [5.41, 5.74) is 1.70. The van der Waals surface area contributed by atoms with Gasteiger partial charge in [0, 0.05) is 11.1 Å². The monoisotopic (exact) mass is 347 g/mol. The van der Waals surface area contributed by atoms with Crippen molar-refractivity contribution in [2.75, 3.05) is 6.54 Å². The van der Waals surface area contributed by atoms with Gasteiger partial charge in [0.2, 0.25) is 0 Å². The van der Waals surface area contributed by atoms with Gasteiger partial charge in [0.15, 0.2) is 11.5 Å². The summed E-state index contributed by atoms with van der Waals surface area (Å²) in [5, 5.41) is 19.6. The predicted octanol–water partition coefficient (Wildman–Crippen LogP) is 3.88. The fourth-order valence-electron chi connectivity index (χ4n) is 2.87. The molecule has 3 rings (SSSR count). The van der Waals surface area contributed by atoms with Crippen molar-refractivity contribution in [3.05, 3.63) is 58.6 Å². The van der Waals surface area contributed by atoms with Crippen LogP contribution < -0.4 is 0 Å². The molecule has 2 N–H and O–H groups in total. The molecule has 0 bridgehead atoms. The van der Waals surface area contributed by atoms with Crippen molar-refractivity contribution in [3.8, 4) is 11.5 Å². The number of phenols is 2. The van der Waals surface area contributed by atoms with Crippen LogP contribution in [0.1, 0.15) is 24.2 Å². The number of hydrogen-bond donors (Lipinski definition) is 2. The van der Waals surface area contributed by atoms with E-state index in [9.17, 15) is 15.0 Å². The van der Waals surface area contributed by atoms with Gasteiger partial charge in [-0.2, -0.15) is 0 Å². The number of benzene rings is 2. The molecule has 2 aromatic rings. The van der Waals surface area contributed by atoms with Gasteiger partial charge < -0.3 is 19.8 Å². The van der Waals surface area contributed by atoms with Crippen molar-refractivity contribution in [3.63, 3.8) is 0 Å². The standard InChI is InChI=1S/C18H18ClNO4/c1-11(7-12-5-6-15(21)16(22)8-12)20-10-17(24-18(20)23)13-3-2-4-14(19)9-13/h2-6,8-9,11,17,21-22H,7,10H2,1H3/t11-,17+/m1/s1. The van der Waals surface area contributed by atoms with Gasteiger partial charge >= 0.3 is 6.09 Å². The molecule has 5 nitrogen and oxygen atoms in total. The summed E-state index contributed by atoms with van der Waals surface area (Å²) < 4.78 is 5.46. The summed E-state index contributed by atoms with van der Waals surface area (Å²) in [6, 6.07) is 11.8. The number of carbonyl (C=O) groups excluding carboxylic acids is 1. The van der Waals surface area contributed by atoms with Crippen LogP contribution in [0.5, 0.6) is 11.5 Å². The molecule has 24 heavy (non-hydrogen) atoms. The van der Waals surface area contributed by atoms with Gasteiger partial charge in [-0.05, 0) is 48.7 Å². The number of amides is 1. The lowest BCUT2D eigenvalue weighted by molar-refractivity contribution is 0.129. The molecular formula is C18H18ClNO4. The summed E-state index contributed by atoms with van der Waals surface area (Å²) in [6.45, 7) is 2.37. The van der Waals surface area contributed by atoms with Gasteiger partial charge in [-0.1, -0.05) is 29.8 Å². The maximum absolute atomic E-state index is 12.2. The van der Waals surface area contributed by atoms with Crippen molar-refractivity contribution >= 4 is 17.7 Å². The molecule has 1 fully saturated rings. The number of aromatic hydroxyl groups is 2. The predicted molar refractivity (Wildman–Crippen MR) is 90.3 cm³/mol. The Morgan fingerprint density at radius 3 is 2.75 bits per heavy atom. The Morgan fingerprint density at radius 1 is 1.25 bits per heavy atom. The molecule has 0 radical (unpaired) electrons. The van der Waals surface area contributed by atoms with E-state index in [0.29, 0.717) is 18.0 Å². The second-order valence-corrected chi connectivity index (χ2v) is 6.39. The van der Waals surface area contributed by atoms with Crippen LogP contribution in [0.25, 0.3) is 0 Å². The lowest BCUT2D eigenvalue weighted by Gasteiger charge is -2.22. The highest BCUT2D eigenvalue weighted by atomic mass is 35.5. The van der Waals surface area contributed by atoms with E-state index in [4.69, 9.17) is 16.3 Å². The molecule has 1 amide bonds. The van der Waals surface area contributed by atoms with Crippen LogP contribution in [-0.2, 0) is 11.2 Å². The topological polar surface area (TPSA) is 70.0 Å². The molecule has 1 saturated heterocycles. The molecule has 0 aromatic heterocycles. The summed E-state index contributed by atoms with van der Waals surface area (Å²) in [5.74, 6) is -0.325. The summed E-state index contributed by atoms with van der Waals surface area (Å²) >= 11 is 6.00. The molecule has 6 heteroatoms. The Bertz CT molecular complexity index is 764. The van der Waals surface area contributed by atoms with Crippen LogP contribution in [0.4, 0.5) is 4.79 Å². The minimum Gasteiger partial charge on any atom is -0.504 e. The van der Waals surface area contributed by atoms with Crippen molar-refractivity contribution in [1.82, 2.24) is 4.90 Å². The van der Waals surface area contributed by atoms with Crippen molar-refractivity contribution in [2.24, 2.45) is 0 Å². The number of ether oxygens (including phenoxy) is 1. The number of nitrogens with zero attached hydrogens (tertiary/aromatic N) is 1. The van der Waals surface area contributed by atoms with Crippen molar-refractivity contribution < 1.29 is 19.7 Å². The van der Waals surface area contributed by atoms with Gasteiger partial charge in [-0.25, -0.2) is 4.79 Å². The van der Waals surface area contributed by atoms with Crippen LogP contribution in [0.15, 0.2) is 42.5 Å². The van der Waals surface area contributed by atoms with E-state index >= 15 is 0 Å². The van der Waals surface area contributed by atoms with E-state index in [2.05, 4.69) is 0 Å². The van der Waals surface area contributed by atoms with Gasteiger partial charge in [-0.3, -0.25) is 0 Å². The first-order valence-corrected chi connectivity index (χ1v) is 8.05. The highest BCUT2D eigenvalue weighted by Crippen LogP contribution is 2.30. The highest BCUT2D eigenvalue weighted by Gasteiger charge is 2.35. The Labute approximate surface area is 145 Å². The average Bonchev–Trinajstić information content (AvgIpc) is 2.93. The fraction of sp³-hybridized carbons (Fsp3) is 0.278. The Kier molecular flexibility index (Phi) is 4.53. The molecule has 2 atom stereocenters.